The van der Waals surface area contributed by atoms with Crippen LogP contribution in [0, 0.1) is 0 Å². The van der Waals surface area contributed by atoms with Crippen LogP contribution in [0.25, 0.3) is 10.8 Å². The average Bonchev–Trinajstić information content (AvgIpc) is 2.89. The number of aryl methyl sites for hydroxylation is 2. The van der Waals surface area contributed by atoms with Gasteiger partial charge in [0, 0.05) is 23.4 Å². The van der Waals surface area contributed by atoms with Crippen molar-refractivity contribution in [1.82, 2.24) is 9.78 Å². The second-order valence-electron chi connectivity index (χ2n) is 5.25. The number of hydrogen-bond acceptors (Lipinski definition) is 2. The van der Waals surface area contributed by atoms with Crippen LogP contribution in [-0.2, 0) is 13.5 Å². The molecule has 21 heavy (non-hydrogen) atoms. The highest BCUT2D eigenvalue weighted by molar-refractivity contribution is 9.10. The molecule has 0 aliphatic rings. The minimum atomic E-state index is -0.451. The summed E-state index contributed by atoms with van der Waals surface area (Å²) in [6.45, 7) is 0. The summed E-state index contributed by atoms with van der Waals surface area (Å²) in [5.74, 6) is 0. The van der Waals surface area contributed by atoms with E-state index in [-0.39, 0.29) is 0 Å². The Hall–Kier alpha value is -1.65. The van der Waals surface area contributed by atoms with Gasteiger partial charge in [-0.25, -0.2) is 0 Å². The second kappa shape index (κ2) is 6.00. The topological polar surface area (TPSA) is 38.0 Å². The van der Waals surface area contributed by atoms with E-state index in [2.05, 4.69) is 45.3 Å². The Kier molecular flexibility index (Phi) is 4.08. The molecule has 1 N–H and O–H groups in total. The van der Waals surface area contributed by atoms with Gasteiger partial charge in [-0.1, -0.05) is 34.1 Å². The van der Waals surface area contributed by atoms with Crippen LogP contribution in [0.5, 0.6) is 0 Å². The molecule has 4 heteroatoms. The molecule has 1 heterocycles. The quantitative estimate of drug-likeness (QED) is 0.776. The van der Waals surface area contributed by atoms with Gasteiger partial charge in [-0.3, -0.25) is 4.68 Å². The number of aromatic nitrogens is 2. The van der Waals surface area contributed by atoms with Gasteiger partial charge in [-0.15, -0.1) is 0 Å². The highest BCUT2D eigenvalue weighted by Crippen LogP contribution is 2.25. The van der Waals surface area contributed by atoms with E-state index >= 15 is 0 Å². The van der Waals surface area contributed by atoms with E-state index in [1.54, 1.807) is 6.20 Å². The van der Waals surface area contributed by atoms with Crippen LogP contribution in [0.1, 0.15) is 23.8 Å². The zero-order chi connectivity index (χ0) is 14.8. The number of rotatable bonds is 4. The molecule has 0 spiro atoms. The summed E-state index contributed by atoms with van der Waals surface area (Å²) >= 11 is 3.48. The van der Waals surface area contributed by atoms with Crippen molar-refractivity contribution in [2.75, 3.05) is 0 Å². The maximum absolute atomic E-state index is 10.4. The molecular weight excluding hydrogens is 328 g/mol. The predicted octanol–water partition coefficient (Wildman–Crippen LogP) is 4.00. The second-order valence-corrected chi connectivity index (χ2v) is 6.17. The van der Waals surface area contributed by atoms with Crippen LogP contribution < -0.4 is 0 Å². The van der Waals surface area contributed by atoms with Crippen molar-refractivity contribution in [3.8, 4) is 0 Å². The number of halogens is 1. The van der Waals surface area contributed by atoms with E-state index in [4.69, 9.17) is 0 Å². The largest absolute Gasteiger partial charge is 0.388 e. The van der Waals surface area contributed by atoms with E-state index in [0.29, 0.717) is 6.42 Å². The number of hydrogen-bond donors (Lipinski definition) is 1. The van der Waals surface area contributed by atoms with Gasteiger partial charge in [-0.05, 0) is 53.4 Å². The third-order valence-electron chi connectivity index (χ3n) is 3.81. The summed E-state index contributed by atoms with van der Waals surface area (Å²) in [5.41, 5.74) is 2.10. The molecule has 1 unspecified atom stereocenters. The van der Waals surface area contributed by atoms with Gasteiger partial charge < -0.3 is 5.11 Å². The Morgan fingerprint density at radius 2 is 1.90 bits per heavy atom. The zero-order valence-electron chi connectivity index (χ0n) is 11.8. The lowest BCUT2D eigenvalue weighted by atomic mass is 10.00. The van der Waals surface area contributed by atoms with Crippen molar-refractivity contribution >= 4 is 26.7 Å². The van der Waals surface area contributed by atoms with Gasteiger partial charge in [0.15, 0.2) is 0 Å². The highest BCUT2D eigenvalue weighted by atomic mass is 79.9. The summed E-state index contributed by atoms with van der Waals surface area (Å²) in [6, 6.07) is 14.3. The molecule has 3 aromatic rings. The van der Waals surface area contributed by atoms with Crippen molar-refractivity contribution in [2.24, 2.45) is 7.05 Å². The minimum absolute atomic E-state index is 0.451. The first-order chi connectivity index (χ1) is 10.1. The molecule has 2 aromatic carbocycles. The van der Waals surface area contributed by atoms with E-state index in [1.807, 2.05) is 29.9 Å². The minimum Gasteiger partial charge on any atom is -0.388 e. The summed E-state index contributed by atoms with van der Waals surface area (Å²) in [4.78, 5) is 0. The fraction of sp³-hybridized carbons (Fsp3) is 0.235. The summed E-state index contributed by atoms with van der Waals surface area (Å²) in [7, 11) is 1.93. The number of nitrogens with zero attached hydrogens (tertiary/aromatic N) is 2. The molecule has 108 valence electrons. The maximum atomic E-state index is 10.4. The van der Waals surface area contributed by atoms with Gasteiger partial charge in [-0.2, -0.15) is 5.10 Å². The Balaban J connectivity index is 1.76. The molecule has 0 aliphatic heterocycles. The number of aliphatic hydroxyl groups excluding tert-OH is 1. The molecule has 0 bridgehead atoms. The fourth-order valence-corrected chi connectivity index (χ4v) is 2.92. The summed E-state index contributed by atoms with van der Waals surface area (Å²) in [6.07, 6.45) is 2.85. The van der Waals surface area contributed by atoms with Crippen molar-refractivity contribution in [3.63, 3.8) is 0 Å². The molecule has 1 atom stereocenters. The van der Waals surface area contributed by atoms with E-state index in [9.17, 15) is 5.11 Å². The molecule has 3 rings (SSSR count). The third kappa shape index (κ3) is 3.17. The van der Waals surface area contributed by atoms with Crippen molar-refractivity contribution in [3.05, 3.63) is 64.4 Å². The van der Waals surface area contributed by atoms with Gasteiger partial charge in [0.25, 0.3) is 0 Å². The normalized spacial score (nSPS) is 12.7. The molecule has 3 nitrogen and oxygen atoms in total. The van der Waals surface area contributed by atoms with Gasteiger partial charge in [0.05, 0.1) is 6.10 Å². The van der Waals surface area contributed by atoms with Crippen LogP contribution in [0.15, 0.2) is 53.1 Å². The lowest BCUT2D eigenvalue weighted by Crippen LogP contribution is -2.03. The predicted molar refractivity (Wildman–Crippen MR) is 88.1 cm³/mol. The van der Waals surface area contributed by atoms with Crippen LogP contribution >= 0.6 is 15.9 Å². The smallest absolute Gasteiger partial charge is 0.0794 e. The number of benzene rings is 2. The molecular formula is C17H17BrN2O. The average molecular weight is 345 g/mol. The molecule has 0 aliphatic carbocycles. The summed E-state index contributed by atoms with van der Waals surface area (Å²) in [5, 5.41) is 16.9. The Morgan fingerprint density at radius 1 is 1.14 bits per heavy atom. The third-order valence-corrected chi connectivity index (χ3v) is 4.30. The van der Waals surface area contributed by atoms with E-state index in [1.165, 1.54) is 5.39 Å². The van der Waals surface area contributed by atoms with Gasteiger partial charge in [0.1, 0.15) is 0 Å². The monoisotopic (exact) mass is 344 g/mol. The molecule has 0 saturated carbocycles. The number of aliphatic hydroxyl groups is 1. The first-order valence-electron chi connectivity index (χ1n) is 6.97. The zero-order valence-corrected chi connectivity index (χ0v) is 13.4. The van der Waals surface area contributed by atoms with Crippen molar-refractivity contribution < 1.29 is 5.11 Å². The molecule has 0 amide bonds. The fourth-order valence-electron chi connectivity index (χ4n) is 2.54. The molecule has 0 saturated heterocycles. The Labute approximate surface area is 132 Å². The number of fused-ring (bicyclic) bond motifs is 1. The lowest BCUT2D eigenvalue weighted by molar-refractivity contribution is 0.167. The van der Waals surface area contributed by atoms with E-state index in [0.717, 1.165) is 27.5 Å². The summed E-state index contributed by atoms with van der Waals surface area (Å²) < 4.78 is 2.92. The maximum Gasteiger partial charge on any atom is 0.0794 e. The standard InChI is InChI=1S/C17H17BrN2O/c1-20-16(8-9-19-20)6-7-17(21)14-3-2-13-11-15(18)5-4-12(13)10-14/h2-5,8-11,17,21H,6-7H2,1H3. The first kappa shape index (κ1) is 14.3. The van der Waals surface area contributed by atoms with Crippen LogP contribution in [0.2, 0.25) is 0 Å². The van der Waals surface area contributed by atoms with Gasteiger partial charge in [0.2, 0.25) is 0 Å². The SMILES string of the molecule is Cn1nccc1CCC(O)c1ccc2cc(Br)ccc2c1. The van der Waals surface area contributed by atoms with Crippen molar-refractivity contribution in [2.45, 2.75) is 18.9 Å². The molecule has 1 aromatic heterocycles. The Bertz CT molecular complexity index is 766. The molecule has 0 fully saturated rings. The van der Waals surface area contributed by atoms with Gasteiger partial charge >= 0.3 is 0 Å². The first-order valence-corrected chi connectivity index (χ1v) is 7.77. The Morgan fingerprint density at radius 3 is 2.67 bits per heavy atom. The van der Waals surface area contributed by atoms with E-state index < -0.39 is 6.10 Å². The van der Waals surface area contributed by atoms with Crippen LogP contribution in [-0.4, -0.2) is 14.9 Å². The van der Waals surface area contributed by atoms with Crippen LogP contribution in [0.3, 0.4) is 0 Å². The molecule has 0 radical (unpaired) electrons. The van der Waals surface area contributed by atoms with Crippen molar-refractivity contribution in [1.29, 1.82) is 0 Å². The highest BCUT2D eigenvalue weighted by Gasteiger charge is 2.10. The lowest BCUT2D eigenvalue weighted by Gasteiger charge is -2.12. The van der Waals surface area contributed by atoms with Crippen LogP contribution in [0.4, 0.5) is 0 Å².